The van der Waals surface area contributed by atoms with Crippen molar-refractivity contribution in [3.8, 4) is 17.2 Å². The minimum atomic E-state index is -0.224. The van der Waals surface area contributed by atoms with E-state index >= 15 is 0 Å². The van der Waals surface area contributed by atoms with Gasteiger partial charge in [0.1, 0.15) is 5.75 Å². The Kier molecular flexibility index (Phi) is 4.72. The van der Waals surface area contributed by atoms with Gasteiger partial charge in [0.15, 0.2) is 16.7 Å². The molecule has 0 aliphatic carbocycles. The summed E-state index contributed by atoms with van der Waals surface area (Å²) in [4.78, 5) is 17.4. The summed E-state index contributed by atoms with van der Waals surface area (Å²) in [5, 5.41) is 3.90. The summed E-state index contributed by atoms with van der Waals surface area (Å²) in [7, 11) is 1.57. The number of methoxy groups -OCH3 is 1. The maximum Gasteiger partial charge on any atom is 0.264 e. The summed E-state index contributed by atoms with van der Waals surface area (Å²) in [6.45, 7) is 2.06. The number of hydrogen-bond acceptors (Lipinski definition) is 6. The van der Waals surface area contributed by atoms with Crippen LogP contribution in [0.2, 0.25) is 5.02 Å². The average Bonchev–Trinajstić information content (AvgIpc) is 3.24. The zero-order valence-electron chi connectivity index (χ0n) is 14.5. The van der Waals surface area contributed by atoms with Crippen molar-refractivity contribution >= 4 is 46.2 Å². The average molecular weight is 403 g/mol. The molecular formula is C19H15ClN2O4S. The van der Waals surface area contributed by atoms with Crippen LogP contribution >= 0.6 is 23.4 Å². The first-order valence-electron chi connectivity index (χ1n) is 8.07. The van der Waals surface area contributed by atoms with E-state index in [-0.39, 0.29) is 12.7 Å². The van der Waals surface area contributed by atoms with Gasteiger partial charge in [0.25, 0.3) is 5.91 Å². The molecule has 6 nitrogen and oxygen atoms in total. The van der Waals surface area contributed by atoms with E-state index in [2.05, 4.69) is 10.3 Å². The second kappa shape index (κ2) is 7.17. The molecule has 4 rings (SSSR count). The van der Waals surface area contributed by atoms with Gasteiger partial charge in [0.2, 0.25) is 6.79 Å². The number of rotatable bonds is 3. The normalized spacial score (nSPS) is 18.3. The molecule has 0 bridgehead atoms. The van der Waals surface area contributed by atoms with Gasteiger partial charge >= 0.3 is 0 Å². The molecule has 2 heterocycles. The van der Waals surface area contributed by atoms with Gasteiger partial charge in [0.05, 0.1) is 17.7 Å². The number of hydrogen-bond donors (Lipinski definition) is 1. The van der Waals surface area contributed by atoms with Crippen molar-refractivity contribution < 1.29 is 19.0 Å². The van der Waals surface area contributed by atoms with Crippen molar-refractivity contribution in [1.82, 2.24) is 5.32 Å². The highest BCUT2D eigenvalue weighted by Crippen LogP contribution is 2.40. The van der Waals surface area contributed by atoms with Crippen molar-refractivity contribution in [2.24, 2.45) is 4.99 Å². The van der Waals surface area contributed by atoms with E-state index in [1.165, 1.54) is 11.8 Å². The van der Waals surface area contributed by atoms with E-state index in [4.69, 9.17) is 25.8 Å². The van der Waals surface area contributed by atoms with Crippen LogP contribution < -0.4 is 19.5 Å². The standard InChI is InChI=1S/C19H15ClN2O4S/c1-10-12(20)4-3-5-13(10)21-19-22-18(23)17(27-19)7-11-6-15-16(26-9-25-15)8-14(11)24-2/h3-8H,9H2,1-2H3,(H,21,22,23)/b17-7+. The minimum absolute atomic E-state index is 0.170. The topological polar surface area (TPSA) is 69.2 Å². The lowest BCUT2D eigenvalue weighted by Crippen LogP contribution is -2.19. The molecule has 0 unspecified atom stereocenters. The van der Waals surface area contributed by atoms with Crippen molar-refractivity contribution in [2.75, 3.05) is 13.9 Å². The van der Waals surface area contributed by atoms with Crippen molar-refractivity contribution in [3.63, 3.8) is 0 Å². The Labute approximate surface area is 165 Å². The molecular weight excluding hydrogens is 388 g/mol. The van der Waals surface area contributed by atoms with Crippen LogP contribution in [0.15, 0.2) is 40.2 Å². The monoisotopic (exact) mass is 402 g/mol. The number of aliphatic imine (C=N–C) groups is 1. The smallest absolute Gasteiger partial charge is 0.264 e. The van der Waals surface area contributed by atoms with E-state index in [0.717, 1.165) is 11.1 Å². The fourth-order valence-electron chi connectivity index (χ4n) is 2.68. The Morgan fingerprint density at radius 2 is 2.07 bits per heavy atom. The van der Waals surface area contributed by atoms with Crippen molar-refractivity contribution in [1.29, 1.82) is 0 Å². The van der Waals surface area contributed by atoms with Crippen LogP contribution in [0, 0.1) is 6.92 Å². The van der Waals surface area contributed by atoms with Gasteiger partial charge in [0, 0.05) is 16.7 Å². The fourth-order valence-corrected chi connectivity index (χ4v) is 3.67. The second-order valence-corrected chi connectivity index (χ2v) is 7.25. The summed E-state index contributed by atoms with van der Waals surface area (Å²) >= 11 is 7.39. The molecule has 0 atom stereocenters. The zero-order chi connectivity index (χ0) is 19.0. The molecule has 8 heteroatoms. The van der Waals surface area contributed by atoms with Crippen LogP contribution in [0.25, 0.3) is 6.08 Å². The summed E-state index contributed by atoms with van der Waals surface area (Å²) in [6, 6.07) is 9.01. The fraction of sp³-hybridized carbons (Fsp3) is 0.158. The molecule has 0 radical (unpaired) electrons. The molecule has 138 valence electrons. The van der Waals surface area contributed by atoms with E-state index in [9.17, 15) is 4.79 Å². The second-order valence-electron chi connectivity index (χ2n) is 5.81. The molecule has 27 heavy (non-hydrogen) atoms. The summed E-state index contributed by atoms with van der Waals surface area (Å²) in [5.74, 6) is 1.61. The zero-order valence-corrected chi connectivity index (χ0v) is 16.1. The molecule has 0 aromatic heterocycles. The number of benzene rings is 2. The molecule has 1 N–H and O–H groups in total. The third-order valence-corrected chi connectivity index (χ3v) is 5.44. The van der Waals surface area contributed by atoms with Crippen LogP contribution in [0.3, 0.4) is 0 Å². The van der Waals surface area contributed by atoms with Gasteiger partial charge < -0.3 is 19.5 Å². The molecule has 2 aliphatic heterocycles. The number of amidine groups is 1. The molecule has 1 saturated heterocycles. The summed E-state index contributed by atoms with van der Waals surface area (Å²) < 4.78 is 16.2. The van der Waals surface area contributed by atoms with Crippen LogP contribution in [0.4, 0.5) is 5.69 Å². The van der Waals surface area contributed by atoms with E-state index in [0.29, 0.717) is 38.0 Å². The molecule has 0 spiro atoms. The third kappa shape index (κ3) is 3.48. The first-order valence-corrected chi connectivity index (χ1v) is 9.27. The number of carbonyl (C=O) groups is 1. The predicted octanol–water partition coefficient (Wildman–Crippen LogP) is 4.28. The van der Waals surface area contributed by atoms with E-state index < -0.39 is 0 Å². The van der Waals surface area contributed by atoms with Gasteiger partial charge in [-0.25, -0.2) is 4.99 Å². The molecule has 2 aromatic rings. The van der Waals surface area contributed by atoms with Crippen LogP contribution in [0.1, 0.15) is 11.1 Å². The Morgan fingerprint density at radius 3 is 2.85 bits per heavy atom. The molecule has 0 saturated carbocycles. The Morgan fingerprint density at radius 1 is 1.30 bits per heavy atom. The molecule has 2 aliphatic rings. The predicted molar refractivity (Wildman–Crippen MR) is 106 cm³/mol. The molecule has 2 aromatic carbocycles. The van der Waals surface area contributed by atoms with Crippen molar-refractivity contribution in [2.45, 2.75) is 6.92 Å². The number of carbonyl (C=O) groups excluding carboxylic acids is 1. The number of amides is 1. The lowest BCUT2D eigenvalue weighted by atomic mass is 10.1. The number of nitrogens with zero attached hydrogens (tertiary/aromatic N) is 1. The van der Waals surface area contributed by atoms with Gasteiger partial charge in [-0.3, -0.25) is 4.79 Å². The van der Waals surface area contributed by atoms with E-state index in [1.807, 2.05) is 19.1 Å². The van der Waals surface area contributed by atoms with Gasteiger partial charge in [-0.05, 0) is 48.5 Å². The summed E-state index contributed by atoms with van der Waals surface area (Å²) in [5.41, 5.74) is 2.29. The molecule has 1 fully saturated rings. The maximum absolute atomic E-state index is 12.4. The number of nitrogens with one attached hydrogen (secondary N) is 1. The van der Waals surface area contributed by atoms with Gasteiger partial charge in [-0.15, -0.1) is 0 Å². The Hall–Kier alpha value is -2.64. The van der Waals surface area contributed by atoms with Gasteiger partial charge in [-0.1, -0.05) is 17.7 Å². The minimum Gasteiger partial charge on any atom is -0.496 e. The number of fused-ring (bicyclic) bond motifs is 1. The first-order chi connectivity index (χ1) is 13.0. The molecule has 1 amide bonds. The highest BCUT2D eigenvalue weighted by molar-refractivity contribution is 8.18. The van der Waals surface area contributed by atoms with Crippen LogP contribution in [-0.4, -0.2) is 25.0 Å². The highest BCUT2D eigenvalue weighted by Gasteiger charge is 2.25. The lowest BCUT2D eigenvalue weighted by molar-refractivity contribution is -0.115. The summed E-state index contributed by atoms with van der Waals surface area (Å²) in [6.07, 6.45) is 1.74. The highest BCUT2D eigenvalue weighted by atomic mass is 35.5. The number of halogens is 1. The number of thioether (sulfide) groups is 1. The maximum atomic E-state index is 12.4. The Balaban J connectivity index is 1.65. The Bertz CT molecular complexity index is 1000. The first kappa shape index (κ1) is 17.8. The van der Waals surface area contributed by atoms with Gasteiger partial charge in [-0.2, -0.15) is 0 Å². The van der Waals surface area contributed by atoms with Crippen LogP contribution in [0.5, 0.6) is 17.2 Å². The number of ether oxygens (including phenoxy) is 3. The third-order valence-electron chi connectivity index (χ3n) is 4.12. The largest absolute Gasteiger partial charge is 0.496 e. The van der Waals surface area contributed by atoms with Crippen LogP contribution in [-0.2, 0) is 4.79 Å². The quantitative estimate of drug-likeness (QED) is 0.776. The lowest BCUT2D eigenvalue weighted by Gasteiger charge is -2.06. The van der Waals surface area contributed by atoms with E-state index in [1.54, 1.807) is 31.4 Å². The van der Waals surface area contributed by atoms with Crippen molar-refractivity contribution in [3.05, 3.63) is 51.4 Å². The SMILES string of the molecule is COc1cc2c(cc1/C=C1/SC(=Nc3cccc(Cl)c3C)NC1=O)OCO2.